The van der Waals surface area contributed by atoms with Gasteiger partial charge in [0.15, 0.2) is 0 Å². The van der Waals surface area contributed by atoms with E-state index in [1.807, 2.05) is 0 Å². The van der Waals surface area contributed by atoms with Crippen molar-refractivity contribution in [1.29, 1.82) is 0 Å². The molecule has 0 aliphatic heterocycles. The van der Waals surface area contributed by atoms with Crippen molar-refractivity contribution in [3.8, 4) is 0 Å². The fourth-order valence-corrected chi connectivity index (χ4v) is 2.90. The van der Waals surface area contributed by atoms with E-state index in [1.165, 1.54) is 41.9 Å². The minimum Gasteiger partial charge on any atom is -0.478 e. The number of carboxylic acids is 1. The Morgan fingerprint density at radius 1 is 1.24 bits per heavy atom. The van der Waals surface area contributed by atoms with Crippen LogP contribution in [0.2, 0.25) is 0 Å². The molecule has 21 heavy (non-hydrogen) atoms. The van der Waals surface area contributed by atoms with Crippen molar-refractivity contribution in [1.82, 2.24) is 9.29 Å². The van der Waals surface area contributed by atoms with E-state index >= 15 is 0 Å². The van der Waals surface area contributed by atoms with E-state index < -0.39 is 16.0 Å². The summed E-state index contributed by atoms with van der Waals surface area (Å²) in [5.41, 5.74) is 0.867. The first kappa shape index (κ1) is 15.1. The summed E-state index contributed by atoms with van der Waals surface area (Å²) in [6.45, 7) is 0.150. The van der Waals surface area contributed by atoms with Crippen LogP contribution in [0.3, 0.4) is 0 Å². The van der Waals surface area contributed by atoms with Crippen molar-refractivity contribution in [2.24, 2.45) is 0 Å². The van der Waals surface area contributed by atoms with Crippen molar-refractivity contribution < 1.29 is 18.3 Å². The number of hydrogen-bond donors (Lipinski definition) is 1. The highest BCUT2D eigenvalue weighted by molar-refractivity contribution is 7.89. The zero-order valence-corrected chi connectivity index (χ0v) is 12.1. The molecule has 1 aromatic heterocycles. The fourth-order valence-electron chi connectivity index (χ4n) is 1.77. The van der Waals surface area contributed by atoms with Gasteiger partial charge < -0.3 is 5.11 Å². The van der Waals surface area contributed by atoms with Crippen LogP contribution in [0.15, 0.2) is 53.7 Å². The Balaban J connectivity index is 2.18. The topological polar surface area (TPSA) is 87.6 Å². The Morgan fingerprint density at radius 3 is 2.43 bits per heavy atom. The summed E-state index contributed by atoms with van der Waals surface area (Å²) < 4.78 is 25.8. The molecular formula is C14H14N2O4S. The van der Waals surface area contributed by atoms with Gasteiger partial charge in [-0.1, -0.05) is 12.1 Å². The monoisotopic (exact) mass is 306 g/mol. The number of sulfonamides is 1. The number of aromatic nitrogens is 1. The van der Waals surface area contributed by atoms with Crippen molar-refractivity contribution in [3.05, 3.63) is 59.9 Å². The summed E-state index contributed by atoms with van der Waals surface area (Å²) >= 11 is 0. The van der Waals surface area contributed by atoms with Crippen LogP contribution in [0.4, 0.5) is 0 Å². The van der Waals surface area contributed by atoms with E-state index in [4.69, 9.17) is 5.11 Å². The van der Waals surface area contributed by atoms with E-state index in [9.17, 15) is 13.2 Å². The quantitative estimate of drug-likeness (QED) is 0.906. The minimum atomic E-state index is -3.61. The molecule has 110 valence electrons. The van der Waals surface area contributed by atoms with Crippen LogP contribution >= 0.6 is 0 Å². The third-order valence-electron chi connectivity index (χ3n) is 2.95. The highest BCUT2D eigenvalue weighted by Gasteiger charge is 2.20. The summed E-state index contributed by atoms with van der Waals surface area (Å²) in [5.74, 6) is -1.02. The lowest BCUT2D eigenvalue weighted by Gasteiger charge is -2.17. The Morgan fingerprint density at radius 2 is 1.90 bits per heavy atom. The predicted molar refractivity (Wildman–Crippen MR) is 76.3 cm³/mol. The summed E-state index contributed by atoms with van der Waals surface area (Å²) in [7, 11) is -2.14. The second-order valence-corrected chi connectivity index (χ2v) is 6.50. The van der Waals surface area contributed by atoms with Gasteiger partial charge >= 0.3 is 5.97 Å². The summed E-state index contributed by atoms with van der Waals surface area (Å²) in [5, 5.41) is 8.82. The average Bonchev–Trinajstić information content (AvgIpc) is 2.48. The lowest BCUT2D eigenvalue weighted by Crippen LogP contribution is -2.26. The maximum absolute atomic E-state index is 12.3. The van der Waals surface area contributed by atoms with Gasteiger partial charge in [0.05, 0.1) is 5.56 Å². The number of carboxylic acid groups (broad SMARTS) is 1. The third kappa shape index (κ3) is 3.45. The average molecular weight is 306 g/mol. The highest BCUT2D eigenvalue weighted by atomic mass is 32.2. The molecule has 0 saturated carbocycles. The van der Waals surface area contributed by atoms with Gasteiger partial charge in [-0.15, -0.1) is 0 Å². The molecule has 7 heteroatoms. The summed E-state index contributed by atoms with van der Waals surface area (Å²) in [6.07, 6.45) is 2.79. The smallest absolute Gasteiger partial charge is 0.335 e. The Kier molecular flexibility index (Phi) is 4.35. The molecule has 2 aromatic rings. The number of benzene rings is 1. The molecule has 0 unspecified atom stereocenters. The van der Waals surface area contributed by atoms with Crippen LogP contribution in [0, 0.1) is 0 Å². The van der Waals surface area contributed by atoms with E-state index in [0.717, 1.165) is 0 Å². The van der Waals surface area contributed by atoms with Crippen molar-refractivity contribution in [3.63, 3.8) is 0 Å². The number of hydrogen-bond acceptors (Lipinski definition) is 4. The number of carbonyl (C=O) groups is 1. The number of pyridine rings is 1. The molecule has 0 saturated heterocycles. The molecule has 6 nitrogen and oxygen atoms in total. The second-order valence-electron chi connectivity index (χ2n) is 4.45. The maximum atomic E-state index is 12.3. The number of rotatable bonds is 5. The van der Waals surface area contributed by atoms with Crippen LogP contribution in [0.5, 0.6) is 0 Å². The molecule has 0 bridgehead atoms. The van der Waals surface area contributed by atoms with Gasteiger partial charge in [-0.25, -0.2) is 13.2 Å². The van der Waals surface area contributed by atoms with E-state index in [-0.39, 0.29) is 17.0 Å². The third-order valence-corrected chi connectivity index (χ3v) is 4.74. The summed E-state index contributed by atoms with van der Waals surface area (Å²) in [4.78, 5) is 14.7. The van der Waals surface area contributed by atoms with Crippen LogP contribution in [-0.4, -0.2) is 35.8 Å². The van der Waals surface area contributed by atoms with Gasteiger partial charge in [0.2, 0.25) is 10.0 Å². The lowest BCUT2D eigenvalue weighted by molar-refractivity contribution is 0.0697. The second kappa shape index (κ2) is 6.02. The van der Waals surface area contributed by atoms with Crippen molar-refractivity contribution in [2.45, 2.75) is 11.4 Å². The SMILES string of the molecule is CN(Cc1ccc(C(=O)O)cc1)S(=O)(=O)c1cccnc1. The zero-order valence-electron chi connectivity index (χ0n) is 11.3. The number of nitrogens with zero attached hydrogens (tertiary/aromatic N) is 2. The first-order chi connectivity index (χ1) is 9.91. The minimum absolute atomic E-state index is 0.120. The van der Waals surface area contributed by atoms with Gasteiger partial charge in [0.25, 0.3) is 0 Å². The number of aromatic carboxylic acids is 1. The van der Waals surface area contributed by atoms with Gasteiger partial charge in [0, 0.05) is 26.0 Å². The lowest BCUT2D eigenvalue weighted by atomic mass is 10.1. The molecule has 0 aliphatic rings. The molecule has 0 fully saturated rings. The van der Waals surface area contributed by atoms with Crippen LogP contribution in [0.1, 0.15) is 15.9 Å². The maximum Gasteiger partial charge on any atom is 0.335 e. The highest BCUT2D eigenvalue weighted by Crippen LogP contribution is 2.15. The van der Waals surface area contributed by atoms with Crippen LogP contribution < -0.4 is 0 Å². The molecule has 1 N–H and O–H groups in total. The standard InChI is InChI=1S/C14H14N2O4S/c1-16(21(19,20)13-3-2-8-15-9-13)10-11-4-6-12(7-5-11)14(17)18/h2-9H,10H2,1H3,(H,17,18). The molecule has 2 rings (SSSR count). The van der Waals surface area contributed by atoms with E-state index in [0.29, 0.717) is 5.56 Å². The molecule has 0 atom stereocenters. The molecular weight excluding hydrogens is 292 g/mol. The molecule has 0 amide bonds. The first-order valence-corrected chi connectivity index (χ1v) is 7.54. The zero-order chi connectivity index (χ0) is 15.5. The molecule has 1 aromatic carbocycles. The van der Waals surface area contributed by atoms with Crippen molar-refractivity contribution >= 4 is 16.0 Å². The fraction of sp³-hybridized carbons (Fsp3) is 0.143. The largest absolute Gasteiger partial charge is 0.478 e. The van der Waals surface area contributed by atoms with Gasteiger partial charge in [-0.05, 0) is 29.8 Å². The van der Waals surface area contributed by atoms with Gasteiger partial charge in [-0.2, -0.15) is 4.31 Å². The Labute approximate surface area is 122 Å². The van der Waals surface area contributed by atoms with Crippen LogP contribution in [-0.2, 0) is 16.6 Å². The van der Waals surface area contributed by atoms with E-state index in [1.54, 1.807) is 18.2 Å². The summed E-state index contributed by atoms with van der Waals surface area (Å²) in [6, 6.07) is 9.12. The molecule has 0 aliphatic carbocycles. The normalized spacial score (nSPS) is 11.5. The first-order valence-electron chi connectivity index (χ1n) is 6.10. The molecule has 0 spiro atoms. The predicted octanol–water partition coefficient (Wildman–Crippen LogP) is 1.60. The van der Waals surface area contributed by atoms with Crippen molar-refractivity contribution in [2.75, 3.05) is 7.05 Å². The Bertz CT molecular complexity index is 727. The van der Waals surface area contributed by atoms with Gasteiger partial charge in [0.1, 0.15) is 4.90 Å². The van der Waals surface area contributed by atoms with E-state index in [2.05, 4.69) is 4.98 Å². The molecule has 1 heterocycles. The molecule has 0 radical (unpaired) electrons. The van der Waals surface area contributed by atoms with Gasteiger partial charge in [-0.3, -0.25) is 4.98 Å². The van der Waals surface area contributed by atoms with Crippen LogP contribution in [0.25, 0.3) is 0 Å². The Hall–Kier alpha value is -2.25.